The Morgan fingerprint density at radius 2 is 1.60 bits per heavy atom. The fraction of sp³-hybridized carbons (Fsp3) is 0.774. The van der Waals surface area contributed by atoms with E-state index in [9.17, 15) is 14.4 Å². The van der Waals surface area contributed by atoms with Gasteiger partial charge in [0.1, 0.15) is 12.1 Å². The molecule has 9 heteroatoms. The molecule has 1 saturated heterocycles. The molecule has 3 amide bonds. The van der Waals surface area contributed by atoms with Gasteiger partial charge in [-0.15, -0.1) is 0 Å². The van der Waals surface area contributed by atoms with E-state index < -0.39 is 29.4 Å². The predicted molar refractivity (Wildman–Crippen MR) is 160 cm³/mol. The third-order valence-electron chi connectivity index (χ3n) is 8.18. The standard InChI is InChI=1S/C29H49N5O4.C2H6/c1-16(25(30)35)21(12-18-10-11-18)33-26(36)23-20-13-19(20)14-34(23)27(37)24(29(6,7)8)32-17(2)31-22(15-38-9)28(3,4)5;1-2/h18-24,31-32H,1-2,10-15H2,3-9H3,(H2,30,35)(H,33,36);1-2H3/t19-,20-,21?,22?,23?,24?;/m0./s1. The molecule has 3 fully saturated rings. The Kier molecular flexibility index (Phi) is 11.3. The Hall–Kier alpha value is -2.55. The lowest BCUT2D eigenvalue weighted by atomic mass is 9.85. The van der Waals surface area contributed by atoms with Gasteiger partial charge in [0.05, 0.1) is 24.5 Å². The Labute approximate surface area is 242 Å². The van der Waals surface area contributed by atoms with Crippen molar-refractivity contribution in [3.05, 3.63) is 24.6 Å². The molecule has 0 radical (unpaired) electrons. The largest absolute Gasteiger partial charge is 0.383 e. The van der Waals surface area contributed by atoms with Crippen molar-refractivity contribution in [2.45, 2.75) is 105 Å². The first-order valence-corrected chi connectivity index (χ1v) is 14.8. The maximum atomic E-state index is 14.0. The number of hydrogen-bond acceptors (Lipinski definition) is 6. The van der Waals surface area contributed by atoms with E-state index in [1.165, 1.54) is 0 Å². The van der Waals surface area contributed by atoms with Crippen LogP contribution < -0.4 is 21.7 Å². The molecule has 0 aromatic rings. The quantitative estimate of drug-likeness (QED) is 0.256. The fourth-order valence-electron chi connectivity index (χ4n) is 5.35. The summed E-state index contributed by atoms with van der Waals surface area (Å²) >= 11 is 0. The molecule has 3 aliphatic rings. The highest BCUT2D eigenvalue weighted by Gasteiger charge is 2.58. The SMILES string of the molecule is C=C(NC(COC)C(C)(C)C)NC(C(=O)N1C[C@@H]2C[C@@H]2C1C(=O)NC(CC1CC1)C(=C)C(N)=O)C(C)(C)C.CC. The van der Waals surface area contributed by atoms with Crippen molar-refractivity contribution >= 4 is 17.7 Å². The maximum absolute atomic E-state index is 14.0. The maximum Gasteiger partial charge on any atom is 0.246 e. The third-order valence-corrected chi connectivity index (χ3v) is 8.18. The summed E-state index contributed by atoms with van der Waals surface area (Å²) in [6.45, 7) is 25.4. The van der Waals surface area contributed by atoms with Crippen LogP contribution in [-0.4, -0.2) is 67.1 Å². The van der Waals surface area contributed by atoms with Crippen LogP contribution in [0.5, 0.6) is 0 Å². The first-order chi connectivity index (χ1) is 18.5. The number of amides is 3. The number of hydrogen-bond donors (Lipinski definition) is 4. The molecule has 0 aromatic heterocycles. The highest BCUT2D eigenvalue weighted by Crippen LogP contribution is 2.50. The van der Waals surface area contributed by atoms with Crippen molar-refractivity contribution < 1.29 is 19.1 Å². The Morgan fingerprint density at radius 3 is 2.08 bits per heavy atom. The van der Waals surface area contributed by atoms with Gasteiger partial charge in [-0.3, -0.25) is 14.4 Å². The number of likely N-dealkylation sites (tertiary alicyclic amines) is 1. The first-order valence-electron chi connectivity index (χ1n) is 14.8. The van der Waals surface area contributed by atoms with E-state index in [1.807, 2.05) is 34.6 Å². The van der Waals surface area contributed by atoms with Gasteiger partial charge in [0, 0.05) is 19.2 Å². The van der Waals surface area contributed by atoms with Gasteiger partial charge < -0.3 is 31.3 Å². The smallest absolute Gasteiger partial charge is 0.246 e. The normalized spacial score (nSPS) is 23.9. The van der Waals surface area contributed by atoms with Crippen molar-refractivity contribution in [3.63, 3.8) is 0 Å². The van der Waals surface area contributed by atoms with Gasteiger partial charge in [-0.1, -0.05) is 81.4 Å². The second kappa shape index (κ2) is 13.4. The summed E-state index contributed by atoms with van der Waals surface area (Å²) in [5, 5.41) is 9.76. The number of methoxy groups -OCH3 is 1. The van der Waals surface area contributed by atoms with Crippen LogP contribution in [0.2, 0.25) is 0 Å². The summed E-state index contributed by atoms with van der Waals surface area (Å²) in [7, 11) is 1.66. The van der Waals surface area contributed by atoms with Crippen molar-refractivity contribution in [1.82, 2.24) is 20.9 Å². The number of nitrogens with two attached hydrogens (primary N) is 1. The van der Waals surface area contributed by atoms with Crippen LogP contribution in [-0.2, 0) is 19.1 Å². The molecule has 3 rings (SSSR count). The van der Waals surface area contributed by atoms with E-state index in [1.54, 1.807) is 12.0 Å². The molecule has 1 aliphatic heterocycles. The van der Waals surface area contributed by atoms with Crippen LogP contribution in [0.1, 0.15) is 81.1 Å². The Morgan fingerprint density at radius 1 is 1.00 bits per heavy atom. The molecule has 5 N–H and O–H groups in total. The summed E-state index contributed by atoms with van der Waals surface area (Å²) in [6, 6.07) is -1.68. The van der Waals surface area contributed by atoms with Crippen LogP contribution >= 0.6 is 0 Å². The number of carbonyl (C=O) groups is 3. The lowest BCUT2D eigenvalue weighted by Crippen LogP contribution is -2.59. The zero-order valence-electron chi connectivity index (χ0n) is 26.4. The Bertz CT molecular complexity index is 946. The lowest BCUT2D eigenvalue weighted by Gasteiger charge is -2.39. The second-order valence-corrected chi connectivity index (χ2v) is 13.7. The van der Waals surface area contributed by atoms with Crippen LogP contribution in [0.25, 0.3) is 0 Å². The molecule has 9 nitrogen and oxygen atoms in total. The van der Waals surface area contributed by atoms with Gasteiger partial charge in [0.15, 0.2) is 0 Å². The number of primary amides is 1. The van der Waals surface area contributed by atoms with Crippen molar-refractivity contribution in [2.75, 3.05) is 20.3 Å². The average Bonchev–Trinajstić information content (AvgIpc) is 3.79. The number of fused-ring (bicyclic) bond motifs is 1. The summed E-state index contributed by atoms with van der Waals surface area (Å²) in [4.78, 5) is 41.2. The van der Waals surface area contributed by atoms with E-state index in [0.717, 1.165) is 19.3 Å². The Balaban J connectivity index is 0.00000274. The zero-order valence-corrected chi connectivity index (χ0v) is 26.4. The lowest BCUT2D eigenvalue weighted by molar-refractivity contribution is -0.143. The minimum atomic E-state index is -0.607. The molecule has 40 heavy (non-hydrogen) atoms. The van der Waals surface area contributed by atoms with Crippen LogP contribution in [0, 0.1) is 28.6 Å². The first kappa shape index (κ1) is 33.7. The molecule has 4 unspecified atom stereocenters. The molecule has 0 spiro atoms. The zero-order chi connectivity index (χ0) is 30.6. The fourth-order valence-corrected chi connectivity index (χ4v) is 5.35. The second-order valence-electron chi connectivity index (χ2n) is 13.7. The predicted octanol–water partition coefficient (Wildman–Crippen LogP) is 3.31. The van der Waals surface area contributed by atoms with E-state index in [4.69, 9.17) is 10.5 Å². The molecule has 228 valence electrons. The summed E-state index contributed by atoms with van der Waals surface area (Å²) in [5.41, 5.74) is 5.19. The molecular weight excluding hydrogens is 506 g/mol. The molecule has 1 heterocycles. The monoisotopic (exact) mass is 561 g/mol. The summed E-state index contributed by atoms with van der Waals surface area (Å²) in [6.07, 6.45) is 3.73. The van der Waals surface area contributed by atoms with E-state index >= 15 is 0 Å². The minimum absolute atomic E-state index is 0.0112. The van der Waals surface area contributed by atoms with Gasteiger partial charge >= 0.3 is 0 Å². The molecule has 0 aromatic carbocycles. The number of rotatable bonds is 13. The topological polar surface area (TPSA) is 126 Å². The van der Waals surface area contributed by atoms with E-state index in [2.05, 4.69) is 49.9 Å². The van der Waals surface area contributed by atoms with Gasteiger partial charge in [-0.25, -0.2) is 0 Å². The van der Waals surface area contributed by atoms with Gasteiger partial charge in [-0.2, -0.15) is 0 Å². The van der Waals surface area contributed by atoms with Crippen molar-refractivity contribution in [3.8, 4) is 0 Å². The molecule has 0 bridgehead atoms. The molecule has 6 atom stereocenters. The summed E-state index contributed by atoms with van der Waals surface area (Å²) < 4.78 is 5.39. The van der Waals surface area contributed by atoms with E-state index in [-0.39, 0.29) is 34.8 Å². The summed E-state index contributed by atoms with van der Waals surface area (Å²) in [5.74, 6) is 0.510. The number of carbonyl (C=O) groups excluding carboxylic acids is 3. The number of nitrogens with one attached hydrogen (secondary N) is 3. The van der Waals surface area contributed by atoms with Crippen LogP contribution in [0.4, 0.5) is 0 Å². The average molecular weight is 562 g/mol. The highest BCUT2D eigenvalue weighted by molar-refractivity contribution is 5.95. The van der Waals surface area contributed by atoms with Crippen LogP contribution in [0.3, 0.4) is 0 Å². The minimum Gasteiger partial charge on any atom is -0.383 e. The molecule has 2 saturated carbocycles. The van der Waals surface area contributed by atoms with Crippen LogP contribution in [0.15, 0.2) is 24.6 Å². The van der Waals surface area contributed by atoms with Crippen molar-refractivity contribution in [2.24, 2.45) is 34.3 Å². The highest BCUT2D eigenvalue weighted by atomic mass is 16.5. The third kappa shape index (κ3) is 8.72. The molecular formula is C31H55N5O4. The number of piperidine rings is 1. The molecule has 2 aliphatic carbocycles. The number of nitrogens with zero attached hydrogens (tertiary/aromatic N) is 1. The van der Waals surface area contributed by atoms with Gasteiger partial charge in [0.2, 0.25) is 17.7 Å². The van der Waals surface area contributed by atoms with Gasteiger partial charge in [0.25, 0.3) is 0 Å². The van der Waals surface area contributed by atoms with Gasteiger partial charge in [-0.05, 0) is 41.4 Å². The van der Waals surface area contributed by atoms with E-state index in [0.29, 0.717) is 37.2 Å². The number of ether oxygens (including phenoxy) is 1. The van der Waals surface area contributed by atoms with Crippen molar-refractivity contribution in [1.29, 1.82) is 0 Å².